The highest BCUT2D eigenvalue weighted by atomic mass is 19.4. The van der Waals surface area contributed by atoms with Crippen LogP contribution < -0.4 is 20.9 Å². The monoisotopic (exact) mass is 529 g/mol. The molecule has 2 aromatic rings. The molecule has 5 rings (SSSR count). The Morgan fingerprint density at radius 3 is 2.34 bits per heavy atom. The van der Waals surface area contributed by atoms with E-state index in [1.165, 1.54) is 30.3 Å². The van der Waals surface area contributed by atoms with E-state index in [0.29, 0.717) is 0 Å². The number of rotatable bonds is 6. The van der Waals surface area contributed by atoms with Gasteiger partial charge >= 0.3 is 6.18 Å². The molecule has 0 spiro atoms. The van der Waals surface area contributed by atoms with Gasteiger partial charge in [0.05, 0.1) is 11.1 Å². The molecule has 0 saturated carbocycles. The number of nitrogens with one attached hydrogen (secondary N) is 3. The summed E-state index contributed by atoms with van der Waals surface area (Å²) in [5, 5.41) is 7.86. The van der Waals surface area contributed by atoms with E-state index >= 15 is 0 Å². The molecule has 9 nitrogen and oxygen atoms in total. The van der Waals surface area contributed by atoms with Crippen LogP contribution in [0.25, 0.3) is 0 Å². The van der Waals surface area contributed by atoms with E-state index < -0.39 is 41.9 Å². The molecule has 0 aliphatic carbocycles. The van der Waals surface area contributed by atoms with Crippen LogP contribution in [0.4, 0.5) is 18.9 Å². The molecule has 38 heavy (non-hydrogen) atoms. The van der Waals surface area contributed by atoms with E-state index in [2.05, 4.69) is 20.9 Å². The fourth-order valence-corrected chi connectivity index (χ4v) is 5.17. The van der Waals surface area contributed by atoms with Gasteiger partial charge in [0.2, 0.25) is 11.8 Å². The van der Waals surface area contributed by atoms with Gasteiger partial charge in [0.25, 0.3) is 11.8 Å². The zero-order valence-electron chi connectivity index (χ0n) is 20.3. The molecule has 0 aromatic heterocycles. The highest BCUT2D eigenvalue weighted by Crippen LogP contribution is 2.35. The number of fused-ring (bicyclic) bond motifs is 1. The highest BCUT2D eigenvalue weighted by molar-refractivity contribution is 6.24. The average Bonchev–Trinajstić information content (AvgIpc) is 3.15. The van der Waals surface area contributed by atoms with Crippen LogP contribution in [0.2, 0.25) is 0 Å². The Kier molecular flexibility index (Phi) is 6.93. The third-order valence-electron chi connectivity index (χ3n) is 7.09. The second-order valence-electron chi connectivity index (χ2n) is 9.47. The normalized spacial score (nSPS) is 21.0. The van der Waals surface area contributed by atoms with Crippen molar-refractivity contribution in [3.8, 4) is 0 Å². The lowest BCUT2D eigenvalue weighted by molar-refractivity contribution is -0.158. The number of hydrogen-bond donors (Lipinski definition) is 3. The van der Waals surface area contributed by atoms with Gasteiger partial charge in [-0.15, -0.1) is 0 Å². The number of carbonyl (C=O) groups is 4. The van der Waals surface area contributed by atoms with Gasteiger partial charge in [0.1, 0.15) is 12.1 Å². The number of nitrogens with zero attached hydrogens (tertiary/aromatic N) is 2. The first-order chi connectivity index (χ1) is 18.1. The van der Waals surface area contributed by atoms with Gasteiger partial charge in [-0.1, -0.05) is 24.3 Å². The molecule has 2 fully saturated rings. The largest absolute Gasteiger partial charge is 0.407 e. The van der Waals surface area contributed by atoms with Crippen LogP contribution in [-0.4, -0.2) is 66.9 Å². The van der Waals surface area contributed by atoms with Crippen molar-refractivity contribution in [3.63, 3.8) is 0 Å². The maximum Gasteiger partial charge on any atom is 0.407 e. The maximum absolute atomic E-state index is 14.1. The summed E-state index contributed by atoms with van der Waals surface area (Å²) in [5.41, 5.74) is 1.06. The first-order valence-corrected chi connectivity index (χ1v) is 12.3. The molecular formula is C26H26F3N5O4. The molecule has 3 aliphatic rings. The second-order valence-corrected chi connectivity index (χ2v) is 9.47. The molecule has 2 atom stereocenters. The quantitative estimate of drug-likeness (QED) is 0.491. The van der Waals surface area contributed by atoms with E-state index in [1.54, 1.807) is 12.1 Å². The van der Waals surface area contributed by atoms with Crippen LogP contribution in [0.15, 0.2) is 42.5 Å². The summed E-state index contributed by atoms with van der Waals surface area (Å²) in [6.45, 7) is 2.80. The standard InChI is InChI=1S/C26H26F3N5O4/c27-26(28,29)22(15-4-6-17(7-5-15)33-12-10-30-11-13-33)31-14-16-2-1-3-18-21(16)25(38)34(24(18)37)19-8-9-20(35)32-23(19)36/h1-7,19,22,30-31H,8-14H2,(H,32,35,36). The summed E-state index contributed by atoms with van der Waals surface area (Å²) < 4.78 is 42.2. The minimum Gasteiger partial charge on any atom is -0.369 e. The number of benzene rings is 2. The van der Waals surface area contributed by atoms with Crippen molar-refractivity contribution >= 4 is 29.3 Å². The smallest absolute Gasteiger partial charge is 0.369 e. The van der Waals surface area contributed by atoms with Crippen molar-refractivity contribution in [1.29, 1.82) is 0 Å². The van der Waals surface area contributed by atoms with Crippen LogP contribution in [0, 0.1) is 0 Å². The lowest BCUT2D eigenvalue weighted by Crippen LogP contribution is -2.54. The molecule has 3 aliphatic heterocycles. The van der Waals surface area contributed by atoms with Crippen LogP contribution >= 0.6 is 0 Å². The first-order valence-electron chi connectivity index (χ1n) is 12.3. The van der Waals surface area contributed by atoms with Gasteiger partial charge in [-0.2, -0.15) is 13.2 Å². The fourth-order valence-electron chi connectivity index (χ4n) is 5.17. The Morgan fingerprint density at radius 1 is 0.974 bits per heavy atom. The van der Waals surface area contributed by atoms with Gasteiger partial charge < -0.3 is 10.2 Å². The molecule has 3 heterocycles. The second kappa shape index (κ2) is 10.2. The third kappa shape index (κ3) is 4.88. The molecule has 12 heteroatoms. The van der Waals surface area contributed by atoms with Gasteiger partial charge in [-0.3, -0.25) is 34.7 Å². The zero-order valence-corrected chi connectivity index (χ0v) is 20.3. The number of hydrogen-bond acceptors (Lipinski definition) is 7. The molecule has 0 bridgehead atoms. The number of amides is 4. The van der Waals surface area contributed by atoms with Crippen LogP contribution in [0.1, 0.15) is 50.7 Å². The molecule has 200 valence electrons. The molecule has 2 unspecified atom stereocenters. The Labute approximate surface area is 216 Å². The lowest BCUT2D eigenvalue weighted by Gasteiger charge is -2.30. The number of carbonyl (C=O) groups excluding carboxylic acids is 4. The van der Waals surface area contributed by atoms with Crippen molar-refractivity contribution in [2.24, 2.45) is 0 Å². The van der Waals surface area contributed by atoms with Gasteiger partial charge in [0.15, 0.2) is 0 Å². The minimum atomic E-state index is -4.62. The third-order valence-corrected chi connectivity index (χ3v) is 7.09. The molecular weight excluding hydrogens is 503 g/mol. The summed E-state index contributed by atoms with van der Waals surface area (Å²) in [5.74, 6) is -2.72. The van der Waals surface area contributed by atoms with E-state index in [1.807, 2.05) is 0 Å². The summed E-state index contributed by atoms with van der Waals surface area (Å²) in [7, 11) is 0. The summed E-state index contributed by atoms with van der Waals surface area (Å²) >= 11 is 0. The number of piperidine rings is 1. The topological polar surface area (TPSA) is 111 Å². The predicted octanol–water partition coefficient (Wildman–Crippen LogP) is 1.89. The van der Waals surface area contributed by atoms with Crippen LogP contribution in [0.5, 0.6) is 0 Å². The number of piperazine rings is 1. The van der Waals surface area contributed by atoms with Crippen molar-refractivity contribution in [2.45, 2.75) is 37.6 Å². The Balaban J connectivity index is 1.36. The number of anilines is 1. The highest BCUT2D eigenvalue weighted by Gasteiger charge is 2.46. The lowest BCUT2D eigenvalue weighted by atomic mass is 10.0. The molecule has 0 radical (unpaired) electrons. The molecule has 4 amide bonds. The van der Waals surface area contributed by atoms with Crippen molar-refractivity contribution in [2.75, 3.05) is 31.1 Å². The molecule has 2 aromatic carbocycles. The number of halogens is 3. The summed E-state index contributed by atoms with van der Waals surface area (Å²) in [6, 6.07) is 7.43. The summed E-state index contributed by atoms with van der Waals surface area (Å²) in [4.78, 5) is 52.9. The van der Waals surface area contributed by atoms with E-state index in [9.17, 15) is 32.3 Å². The van der Waals surface area contributed by atoms with Gasteiger partial charge in [0, 0.05) is 44.8 Å². The van der Waals surface area contributed by atoms with Crippen molar-refractivity contribution < 1.29 is 32.3 Å². The van der Waals surface area contributed by atoms with E-state index in [-0.39, 0.29) is 41.6 Å². The predicted molar refractivity (Wildman–Crippen MR) is 130 cm³/mol. The Hall–Kier alpha value is -3.77. The summed E-state index contributed by atoms with van der Waals surface area (Å²) in [6.07, 6.45) is -4.66. The van der Waals surface area contributed by atoms with Crippen molar-refractivity contribution in [1.82, 2.24) is 20.9 Å². The Morgan fingerprint density at radius 2 is 1.68 bits per heavy atom. The van der Waals surface area contributed by atoms with Gasteiger partial charge in [-0.25, -0.2) is 0 Å². The van der Waals surface area contributed by atoms with E-state index in [4.69, 9.17) is 0 Å². The Bertz CT molecular complexity index is 1270. The van der Waals surface area contributed by atoms with Crippen LogP contribution in [-0.2, 0) is 16.1 Å². The van der Waals surface area contributed by atoms with Crippen LogP contribution in [0.3, 0.4) is 0 Å². The number of imide groups is 2. The SMILES string of the molecule is O=C1CCC(N2C(=O)c3cccc(CNC(c4ccc(N5CCNCC5)cc4)C(F)(F)F)c3C2=O)C(=O)N1. The first kappa shape index (κ1) is 25.9. The number of alkyl halides is 3. The molecule has 2 saturated heterocycles. The minimum absolute atomic E-state index is 0.0101. The molecule has 3 N–H and O–H groups in total. The maximum atomic E-state index is 14.1. The fraction of sp³-hybridized carbons (Fsp3) is 0.385. The van der Waals surface area contributed by atoms with Crippen molar-refractivity contribution in [3.05, 3.63) is 64.7 Å². The van der Waals surface area contributed by atoms with Gasteiger partial charge in [-0.05, 0) is 35.7 Å². The zero-order chi connectivity index (χ0) is 27.0. The van der Waals surface area contributed by atoms with E-state index in [0.717, 1.165) is 36.8 Å². The average molecular weight is 530 g/mol.